The van der Waals surface area contributed by atoms with Gasteiger partial charge >= 0.3 is 5.97 Å². The molecule has 0 amide bonds. The minimum Gasteiger partial charge on any atom is -0.504 e. The zero-order valence-electron chi connectivity index (χ0n) is 20.5. The van der Waals surface area contributed by atoms with Crippen molar-refractivity contribution in [3.8, 4) is 0 Å². The van der Waals surface area contributed by atoms with Crippen LogP contribution in [0.4, 0.5) is 0 Å². The molecular weight excluding hydrogens is 404 g/mol. The van der Waals surface area contributed by atoms with Crippen molar-refractivity contribution in [2.75, 3.05) is 6.61 Å². The lowest BCUT2D eigenvalue weighted by atomic mass is 9.70. The van der Waals surface area contributed by atoms with Crippen LogP contribution in [0.2, 0.25) is 0 Å². The van der Waals surface area contributed by atoms with E-state index >= 15 is 0 Å². The van der Waals surface area contributed by atoms with Crippen molar-refractivity contribution in [1.29, 1.82) is 0 Å². The Morgan fingerprint density at radius 3 is 2.50 bits per heavy atom. The summed E-state index contributed by atoms with van der Waals surface area (Å²) in [5.74, 6) is -1.31. The number of ether oxygens (including phenoxy) is 1. The summed E-state index contributed by atoms with van der Waals surface area (Å²) in [6.07, 6.45) is 10.3. The summed E-state index contributed by atoms with van der Waals surface area (Å²) in [5, 5.41) is 21.5. The third kappa shape index (κ3) is 6.22. The molecule has 4 atom stereocenters. The van der Waals surface area contributed by atoms with Crippen LogP contribution in [0, 0.1) is 17.3 Å². The first-order valence-corrected chi connectivity index (χ1v) is 11.7. The van der Waals surface area contributed by atoms with Crippen molar-refractivity contribution in [3.05, 3.63) is 46.3 Å². The quantitative estimate of drug-likeness (QED) is 0.427. The molecule has 2 rings (SSSR count). The summed E-state index contributed by atoms with van der Waals surface area (Å²) in [4.78, 5) is 24.6. The van der Waals surface area contributed by atoms with E-state index in [4.69, 9.17) is 4.74 Å². The van der Waals surface area contributed by atoms with Crippen molar-refractivity contribution in [2.24, 2.45) is 17.3 Å². The first kappa shape index (κ1) is 26.1. The van der Waals surface area contributed by atoms with Crippen LogP contribution in [0.25, 0.3) is 0 Å². The lowest BCUT2D eigenvalue weighted by Gasteiger charge is -2.32. The lowest BCUT2D eigenvalue weighted by molar-refractivity contribution is -0.141. The lowest BCUT2D eigenvalue weighted by Crippen LogP contribution is -2.32. The van der Waals surface area contributed by atoms with Gasteiger partial charge in [-0.15, -0.1) is 0 Å². The fourth-order valence-electron chi connectivity index (χ4n) is 4.77. The number of Topliss-reactive ketones (excluding diaryl/α,β-unsaturated/α-hetero) is 1. The van der Waals surface area contributed by atoms with Gasteiger partial charge in [0.05, 0.1) is 12.7 Å². The summed E-state index contributed by atoms with van der Waals surface area (Å²) in [6, 6.07) is 0. The third-order valence-electron chi connectivity index (χ3n) is 7.14. The van der Waals surface area contributed by atoms with Gasteiger partial charge in [0, 0.05) is 24.2 Å². The number of aliphatic hydroxyl groups is 2. The van der Waals surface area contributed by atoms with Crippen LogP contribution in [-0.4, -0.2) is 34.7 Å². The molecular formula is C27H40O5. The van der Waals surface area contributed by atoms with Gasteiger partial charge in [-0.1, -0.05) is 43.2 Å². The number of allylic oxidation sites excluding steroid dienone is 6. The zero-order chi connectivity index (χ0) is 24.1. The monoisotopic (exact) mass is 444 g/mol. The van der Waals surface area contributed by atoms with E-state index < -0.39 is 11.5 Å². The number of carbonyl (C=O) groups excluding carboxylic acids is 2. The number of fused-ring (bicyclic) bond motifs is 1. The molecule has 0 radical (unpaired) electrons. The predicted molar refractivity (Wildman–Crippen MR) is 127 cm³/mol. The van der Waals surface area contributed by atoms with Gasteiger partial charge in [0.2, 0.25) is 5.78 Å². The van der Waals surface area contributed by atoms with E-state index in [2.05, 4.69) is 26.0 Å². The maximum absolute atomic E-state index is 13.3. The molecule has 2 N–H and O–H groups in total. The standard InChI is InChI=1S/C27H40O5/c1-17-8-7-9-18(2)14-15-27(6)22(12-11-19(3)23(29)13-10-17)24(25(30)26(27)31)20(4)16-32-21(5)28/h8,11,14,20,22-23,29-30H,7,9-10,12-13,15-16H2,1-6H3/b17-8-,18-14-,19-11-/t20-,22-,23+,27+/m1/s1. The molecule has 5 heteroatoms. The predicted octanol–water partition coefficient (Wildman–Crippen LogP) is 5.76. The van der Waals surface area contributed by atoms with Crippen molar-refractivity contribution < 1.29 is 24.5 Å². The highest BCUT2D eigenvalue weighted by Gasteiger charge is 2.51. The summed E-state index contributed by atoms with van der Waals surface area (Å²) < 4.78 is 5.19. The molecule has 0 saturated heterocycles. The fraction of sp³-hybridized carbons (Fsp3) is 0.630. The molecule has 178 valence electrons. The van der Waals surface area contributed by atoms with E-state index in [0.717, 1.165) is 24.8 Å². The Kier molecular flexibility index (Phi) is 9.08. The topological polar surface area (TPSA) is 83.8 Å². The number of ketones is 1. The smallest absolute Gasteiger partial charge is 0.302 e. The molecule has 0 unspecified atom stereocenters. The van der Waals surface area contributed by atoms with E-state index in [0.29, 0.717) is 24.8 Å². The van der Waals surface area contributed by atoms with E-state index in [-0.39, 0.29) is 36.0 Å². The van der Waals surface area contributed by atoms with Gasteiger partial charge in [-0.25, -0.2) is 0 Å². The van der Waals surface area contributed by atoms with Gasteiger partial charge < -0.3 is 14.9 Å². The van der Waals surface area contributed by atoms with Crippen LogP contribution < -0.4 is 0 Å². The SMILES string of the molecule is CC(=O)OC[C@@H](C)C1=C(O)C(=O)[C@@]2(C)C/C=C(/C)CC/C=C(/C)CC[C@H](O)/C(C)=C\C[C@H]12. The second kappa shape index (κ2) is 11.1. The average molecular weight is 445 g/mol. The Hall–Kier alpha value is -2.14. The van der Waals surface area contributed by atoms with Crippen molar-refractivity contribution in [3.63, 3.8) is 0 Å². The minimum atomic E-state index is -0.779. The highest BCUT2D eigenvalue weighted by atomic mass is 16.5. The number of hydrogen-bond donors (Lipinski definition) is 2. The molecule has 0 fully saturated rings. The van der Waals surface area contributed by atoms with Gasteiger partial charge in [-0.2, -0.15) is 0 Å². The highest BCUT2D eigenvalue weighted by molar-refractivity contribution is 6.02. The zero-order valence-corrected chi connectivity index (χ0v) is 20.5. The summed E-state index contributed by atoms with van der Waals surface area (Å²) in [7, 11) is 0. The molecule has 0 aliphatic heterocycles. The molecule has 0 aromatic carbocycles. The van der Waals surface area contributed by atoms with Gasteiger partial charge in [-0.3, -0.25) is 9.59 Å². The third-order valence-corrected chi connectivity index (χ3v) is 7.14. The maximum Gasteiger partial charge on any atom is 0.302 e. The largest absolute Gasteiger partial charge is 0.504 e. The molecule has 5 nitrogen and oxygen atoms in total. The number of hydrogen-bond acceptors (Lipinski definition) is 5. The summed E-state index contributed by atoms with van der Waals surface area (Å²) in [6.45, 7) is 11.4. The molecule has 2 aliphatic carbocycles. The van der Waals surface area contributed by atoms with Crippen molar-refractivity contribution in [2.45, 2.75) is 86.2 Å². The first-order valence-electron chi connectivity index (χ1n) is 11.7. The normalized spacial score (nSPS) is 34.1. The van der Waals surface area contributed by atoms with Gasteiger partial charge in [0.25, 0.3) is 0 Å². The van der Waals surface area contributed by atoms with Crippen LogP contribution in [-0.2, 0) is 14.3 Å². The van der Waals surface area contributed by atoms with Gasteiger partial charge in [-0.05, 0) is 70.4 Å². The number of carbonyl (C=O) groups is 2. The Balaban J connectivity index is 2.45. The molecule has 0 saturated carbocycles. The van der Waals surface area contributed by atoms with Gasteiger partial charge in [0.15, 0.2) is 5.76 Å². The second-order valence-corrected chi connectivity index (χ2v) is 9.89. The number of esters is 1. The Bertz CT molecular complexity index is 844. The van der Waals surface area contributed by atoms with Crippen molar-refractivity contribution >= 4 is 11.8 Å². The van der Waals surface area contributed by atoms with Crippen molar-refractivity contribution in [1.82, 2.24) is 0 Å². The van der Waals surface area contributed by atoms with E-state index in [1.54, 1.807) is 0 Å². The van der Waals surface area contributed by atoms with Crippen LogP contribution in [0.15, 0.2) is 46.3 Å². The van der Waals surface area contributed by atoms with Crippen LogP contribution in [0.3, 0.4) is 0 Å². The molecule has 0 aromatic rings. The Labute approximate surface area is 192 Å². The molecule has 32 heavy (non-hydrogen) atoms. The Morgan fingerprint density at radius 2 is 1.84 bits per heavy atom. The molecule has 0 aromatic heterocycles. The highest BCUT2D eigenvalue weighted by Crippen LogP contribution is 2.50. The summed E-state index contributed by atoms with van der Waals surface area (Å²) in [5.41, 5.74) is 3.27. The maximum atomic E-state index is 13.3. The van der Waals surface area contributed by atoms with E-state index in [9.17, 15) is 19.8 Å². The molecule has 2 aliphatic rings. The first-order chi connectivity index (χ1) is 15.0. The number of aliphatic hydroxyl groups excluding tert-OH is 2. The van der Waals surface area contributed by atoms with Crippen LogP contribution in [0.5, 0.6) is 0 Å². The van der Waals surface area contributed by atoms with E-state index in [1.165, 1.54) is 18.1 Å². The fourth-order valence-corrected chi connectivity index (χ4v) is 4.77. The second-order valence-electron chi connectivity index (χ2n) is 9.89. The van der Waals surface area contributed by atoms with Gasteiger partial charge in [0.1, 0.15) is 0 Å². The number of rotatable bonds is 3. The Morgan fingerprint density at radius 1 is 1.19 bits per heavy atom. The molecule has 0 spiro atoms. The average Bonchev–Trinajstić information content (AvgIpc) is 2.92. The van der Waals surface area contributed by atoms with Crippen LogP contribution in [0.1, 0.15) is 80.1 Å². The van der Waals surface area contributed by atoms with Crippen LogP contribution >= 0.6 is 0 Å². The van der Waals surface area contributed by atoms with E-state index in [1.807, 2.05) is 26.8 Å². The molecule has 0 bridgehead atoms. The summed E-state index contributed by atoms with van der Waals surface area (Å²) >= 11 is 0. The minimum absolute atomic E-state index is 0.125. The molecule has 0 heterocycles.